The Morgan fingerprint density at radius 2 is 1.96 bits per heavy atom. The molecule has 0 spiro atoms. The Kier molecular flexibility index (Phi) is 4.24. The van der Waals surface area contributed by atoms with Gasteiger partial charge in [-0.15, -0.1) is 0 Å². The molecule has 2 aromatic carbocycles. The van der Waals surface area contributed by atoms with E-state index in [0.29, 0.717) is 29.5 Å². The van der Waals surface area contributed by atoms with Gasteiger partial charge in [0.15, 0.2) is 28.9 Å². The molecule has 4 nitrogen and oxygen atoms in total. The summed E-state index contributed by atoms with van der Waals surface area (Å²) in [6, 6.07) is 7.07. The molecular formula is C17H13F3N2O2. The fraction of sp³-hybridized carbons (Fsp3) is 0.176. The number of carbonyl (C=O) groups is 1. The van der Waals surface area contributed by atoms with Gasteiger partial charge in [0.1, 0.15) is 5.52 Å². The molecule has 0 atom stereocenters. The molecule has 0 unspecified atom stereocenters. The Balaban J connectivity index is 1.65. The molecule has 0 radical (unpaired) electrons. The van der Waals surface area contributed by atoms with E-state index < -0.39 is 28.9 Å². The molecule has 124 valence electrons. The number of nitrogens with one attached hydrogen (secondary N) is 1. The van der Waals surface area contributed by atoms with Crippen LogP contribution < -0.4 is 5.32 Å². The van der Waals surface area contributed by atoms with Gasteiger partial charge in [-0.1, -0.05) is 6.07 Å². The molecule has 24 heavy (non-hydrogen) atoms. The fourth-order valence-corrected chi connectivity index (χ4v) is 2.36. The van der Waals surface area contributed by atoms with Crippen LogP contribution >= 0.6 is 0 Å². The van der Waals surface area contributed by atoms with Crippen LogP contribution in [0, 0.1) is 24.4 Å². The number of aromatic nitrogens is 1. The number of hydrogen-bond acceptors (Lipinski definition) is 3. The molecule has 0 aliphatic rings. The monoisotopic (exact) mass is 334 g/mol. The van der Waals surface area contributed by atoms with Crippen LogP contribution in [0.2, 0.25) is 0 Å². The normalized spacial score (nSPS) is 11.0. The van der Waals surface area contributed by atoms with Crippen LogP contribution in [0.5, 0.6) is 0 Å². The van der Waals surface area contributed by atoms with Crippen molar-refractivity contribution in [3.05, 3.63) is 64.8 Å². The lowest BCUT2D eigenvalue weighted by Crippen LogP contribution is -2.27. The summed E-state index contributed by atoms with van der Waals surface area (Å²) >= 11 is 0. The average Bonchev–Trinajstić information content (AvgIpc) is 2.92. The van der Waals surface area contributed by atoms with Gasteiger partial charge >= 0.3 is 0 Å². The number of aryl methyl sites for hydroxylation is 1. The Labute approximate surface area is 135 Å². The molecule has 1 N–H and O–H groups in total. The minimum atomic E-state index is -1.66. The lowest BCUT2D eigenvalue weighted by Gasteiger charge is -2.07. The zero-order valence-electron chi connectivity index (χ0n) is 12.7. The summed E-state index contributed by atoms with van der Waals surface area (Å²) < 4.78 is 44.9. The van der Waals surface area contributed by atoms with Gasteiger partial charge in [0.25, 0.3) is 5.91 Å². The number of fused-ring (bicyclic) bond motifs is 1. The molecule has 3 aromatic rings. The molecule has 7 heteroatoms. The fourth-order valence-electron chi connectivity index (χ4n) is 2.36. The molecular weight excluding hydrogens is 321 g/mol. The molecule has 0 aliphatic heterocycles. The van der Waals surface area contributed by atoms with Gasteiger partial charge in [0.05, 0.1) is 5.56 Å². The maximum atomic E-state index is 13.5. The SMILES string of the molecule is Cc1nc2cc(CCNC(=O)c3ccc(F)c(F)c3F)ccc2o1. The van der Waals surface area contributed by atoms with Crippen LogP contribution in [0.25, 0.3) is 11.1 Å². The van der Waals surface area contributed by atoms with Gasteiger partial charge in [-0.05, 0) is 36.2 Å². The third kappa shape index (κ3) is 3.10. The average molecular weight is 334 g/mol. The lowest BCUT2D eigenvalue weighted by molar-refractivity contribution is 0.0949. The second-order valence-corrected chi connectivity index (χ2v) is 5.26. The van der Waals surface area contributed by atoms with Crippen molar-refractivity contribution < 1.29 is 22.4 Å². The molecule has 0 fully saturated rings. The number of halogens is 3. The van der Waals surface area contributed by atoms with Gasteiger partial charge in [-0.25, -0.2) is 18.2 Å². The molecule has 0 bridgehead atoms. The predicted octanol–water partition coefficient (Wildman–Crippen LogP) is 3.53. The smallest absolute Gasteiger partial charge is 0.254 e. The molecule has 0 saturated heterocycles. The highest BCUT2D eigenvalue weighted by atomic mass is 19.2. The van der Waals surface area contributed by atoms with Crippen molar-refractivity contribution in [3.8, 4) is 0 Å². The maximum Gasteiger partial charge on any atom is 0.254 e. The van der Waals surface area contributed by atoms with Gasteiger partial charge in [0, 0.05) is 13.5 Å². The summed E-state index contributed by atoms with van der Waals surface area (Å²) in [6.07, 6.45) is 0.471. The Hall–Kier alpha value is -2.83. The van der Waals surface area contributed by atoms with Crippen molar-refractivity contribution in [2.24, 2.45) is 0 Å². The maximum absolute atomic E-state index is 13.5. The van der Waals surface area contributed by atoms with E-state index in [1.54, 1.807) is 13.0 Å². The van der Waals surface area contributed by atoms with Crippen LogP contribution in [-0.2, 0) is 6.42 Å². The van der Waals surface area contributed by atoms with Crippen molar-refractivity contribution in [1.82, 2.24) is 10.3 Å². The number of amides is 1. The summed E-state index contributed by atoms with van der Waals surface area (Å²) in [5.41, 5.74) is 1.76. The van der Waals surface area contributed by atoms with E-state index in [2.05, 4.69) is 10.3 Å². The number of nitrogens with zero attached hydrogens (tertiary/aromatic N) is 1. The largest absolute Gasteiger partial charge is 0.441 e. The van der Waals surface area contributed by atoms with E-state index >= 15 is 0 Å². The minimum absolute atomic E-state index is 0.208. The highest BCUT2D eigenvalue weighted by Crippen LogP contribution is 2.17. The van der Waals surface area contributed by atoms with Gasteiger partial charge in [-0.3, -0.25) is 4.79 Å². The topological polar surface area (TPSA) is 55.1 Å². The van der Waals surface area contributed by atoms with E-state index in [1.807, 2.05) is 12.1 Å². The first-order valence-electron chi connectivity index (χ1n) is 7.23. The molecule has 0 aliphatic carbocycles. The first-order chi connectivity index (χ1) is 11.5. The first kappa shape index (κ1) is 16.0. The zero-order valence-corrected chi connectivity index (χ0v) is 12.7. The van der Waals surface area contributed by atoms with E-state index in [1.165, 1.54) is 0 Å². The Morgan fingerprint density at radius 3 is 2.75 bits per heavy atom. The van der Waals surface area contributed by atoms with Crippen molar-refractivity contribution in [2.45, 2.75) is 13.3 Å². The predicted molar refractivity (Wildman–Crippen MR) is 81.1 cm³/mol. The van der Waals surface area contributed by atoms with E-state index in [4.69, 9.17) is 4.42 Å². The van der Waals surface area contributed by atoms with E-state index in [-0.39, 0.29) is 6.54 Å². The van der Waals surface area contributed by atoms with Crippen LogP contribution in [0.1, 0.15) is 21.8 Å². The first-order valence-corrected chi connectivity index (χ1v) is 7.23. The third-order valence-corrected chi connectivity index (χ3v) is 3.54. The van der Waals surface area contributed by atoms with Gasteiger partial charge < -0.3 is 9.73 Å². The van der Waals surface area contributed by atoms with Gasteiger partial charge in [-0.2, -0.15) is 0 Å². The van der Waals surface area contributed by atoms with Gasteiger partial charge in [0.2, 0.25) is 0 Å². The molecule has 3 rings (SSSR count). The standard InChI is InChI=1S/C17H13F3N2O2/c1-9-22-13-8-10(2-5-14(13)24-9)6-7-21-17(23)11-3-4-12(18)16(20)15(11)19/h2-5,8H,6-7H2,1H3,(H,21,23). The summed E-state index contributed by atoms with van der Waals surface area (Å²) in [5.74, 6) is -4.73. The lowest BCUT2D eigenvalue weighted by atomic mass is 10.1. The van der Waals surface area contributed by atoms with E-state index in [0.717, 1.165) is 11.6 Å². The van der Waals surface area contributed by atoms with Crippen molar-refractivity contribution in [3.63, 3.8) is 0 Å². The zero-order chi connectivity index (χ0) is 17.3. The number of carbonyl (C=O) groups excluding carboxylic acids is 1. The molecule has 1 amide bonds. The number of hydrogen-bond donors (Lipinski definition) is 1. The number of benzene rings is 2. The number of oxazole rings is 1. The van der Waals surface area contributed by atoms with Crippen molar-refractivity contribution >= 4 is 17.0 Å². The van der Waals surface area contributed by atoms with Crippen molar-refractivity contribution in [1.29, 1.82) is 0 Å². The second-order valence-electron chi connectivity index (χ2n) is 5.26. The van der Waals surface area contributed by atoms with Crippen LogP contribution in [0.3, 0.4) is 0 Å². The van der Waals surface area contributed by atoms with Crippen LogP contribution in [0.4, 0.5) is 13.2 Å². The summed E-state index contributed by atoms with van der Waals surface area (Å²) in [6.45, 7) is 1.95. The highest BCUT2D eigenvalue weighted by molar-refractivity contribution is 5.94. The van der Waals surface area contributed by atoms with Crippen molar-refractivity contribution in [2.75, 3.05) is 6.54 Å². The molecule has 0 saturated carbocycles. The molecule has 1 aromatic heterocycles. The third-order valence-electron chi connectivity index (χ3n) is 3.54. The summed E-state index contributed by atoms with van der Waals surface area (Å²) in [5, 5.41) is 2.48. The van der Waals surface area contributed by atoms with Crippen LogP contribution in [-0.4, -0.2) is 17.4 Å². The minimum Gasteiger partial charge on any atom is -0.441 e. The summed E-state index contributed by atoms with van der Waals surface area (Å²) in [7, 11) is 0. The molecule has 1 heterocycles. The Bertz CT molecular complexity index is 922. The Morgan fingerprint density at radius 1 is 1.17 bits per heavy atom. The number of rotatable bonds is 4. The highest BCUT2D eigenvalue weighted by Gasteiger charge is 2.18. The quantitative estimate of drug-likeness (QED) is 0.743. The summed E-state index contributed by atoms with van der Waals surface area (Å²) in [4.78, 5) is 16.1. The second kappa shape index (κ2) is 6.35. The van der Waals surface area contributed by atoms with E-state index in [9.17, 15) is 18.0 Å². The van der Waals surface area contributed by atoms with Crippen LogP contribution in [0.15, 0.2) is 34.7 Å².